The molecule has 2 aromatic carbocycles. The molecule has 0 bridgehead atoms. The Bertz CT molecular complexity index is 1200. The Morgan fingerprint density at radius 1 is 1.10 bits per heavy atom. The summed E-state index contributed by atoms with van der Waals surface area (Å²) < 4.78 is 6.69. The molecule has 156 valence electrons. The smallest absolute Gasteiger partial charge is 0.361 e. The highest BCUT2D eigenvalue weighted by atomic mass is 16.6. The molecule has 9 heteroatoms. The highest BCUT2D eigenvalue weighted by Crippen LogP contribution is 2.23. The number of amides is 1. The van der Waals surface area contributed by atoms with Crippen molar-refractivity contribution in [3.05, 3.63) is 106 Å². The van der Waals surface area contributed by atoms with Crippen molar-refractivity contribution in [2.75, 3.05) is 4.90 Å². The third-order valence-electron chi connectivity index (χ3n) is 4.82. The predicted molar refractivity (Wildman–Crippen MR) is 113 cm³/mol. The fraction of sp³-hybridized carbons (Fsp3) is 0.136. The van der Waals surface area contributed by atoms with Crippen LogP contribution in [0.15, 0.2) is 77.4 Å². The van der Waals surface area contributed by atoms with Gasteiger partial charge in [-0.05, 0) is 29.5 Å². The van der Waals surface area contributed by atoms with Crippen LogP contribution in [0.5, 0.6) is 0 Å². The Morgan fingerprint density at radius 2 is 1.77 bits per heavy atom. The summed E-state index contributed by atoms with van der Waals surface area (Å²) in [4.78, 5) is 25.5. The van der Waals surface area contributed by atoms with E-state index in [4.69, 9.17) is 4.52 Å². The van der Waals surface area contributed by atoms with Gasteiger partial charge in [0.2, 0.25) is 0 Å². The number of rotatable bonds is 7. The molecule has 9 nitrogen and oxygen atoms in total. The van der Waals surface area contributed by atoms with E-state index in [9.17, 15) is 14.9 Å². The summed E-state index contributed by atoms with van der Waals surface area (Å²) in [5.74, 6) is -0.144. The maximum absolute atomic E-state index is 13.6. The first-order valence-electron chi connectivity index (χ1n) is 9.57. The molecule has 0 radical (unpaired) electrons. The van der Waals surface area contributed by atoms with Gasteiger partial charge in [-0.15, -0.1) is 0 Å². The summed E-state index contributed by atoms with van der Waals surface area (Å²) in [6.07, 6.45) is 1.48. The molecule has 0 atom stereocenters. The Hall–Kier alpha value is -4.27. The van der Waals surface area contributed by atoms with E-state index in [1.165, 1.54) is 16.9 Å². The van der Waals surface area contributed by atoms with Gasteiger partial charge in [-0.25, -0.2) is 0 Å². The van der Waals surface area contributed by atoms with E-state index in [0.717, 1.165) is 11.3 Å². The van der Waals surface area contributed by atoms with Gasteiger partial charge in [0.15, 0.2) is 5.69 Å². The van der Waals surface area contributed by atoms with E-state index in [0.29, 0.717) is 17.9 Å². The average molecular weight is 417 g/mol. The first-order valence-corrected chi connectivity index (χ1v) is 9.57. The molecule has 0 saturated carbocycles. The Labute approximate surface area is 177 Å². The fourth-order valence-corrected chi connectivity index (χ4v) is 3.23. The zero-order chi connectivity index (χ0) is 21.8. The maximum atomic E-state index is 13.6. The van der Waals surface area contributed by atoms with Gasteiger partial charge in [-0.3, -0.25) is 4.79 Å². The Morgan fingerprint density at radius 3 is 2.42 bits per heavy atom. The van der Waals surface area contributed by atoms with Crippen molar-refractivity contribution >= 4 is 17.4 Å². The first kappa shape index (κ1) is 20.0. The molecule has 4 rings (SSSR count). The molecule has 2 aromatic heterocycles. The van der Waals surface area contributed by atoms with Crippen LogP contribution >= 0.6 is 0 Å². The van der Waals surface area contributed by atoms with Gasteiger partial charge >= 0.3 is 5.82 Å². The second-order valence-corrected chi connectivity index (χ2v) is 6.91. The van der Waals surface area contributed by atoms with E-state index in [2.05, 4.69) is 10.3 Å². The molecule has 0 fully saturated rings. The van der Waals surface area contributed by atoms with Crippen LogP contribution in [0.1, 0.15) is 27.4 Å². The molecule has 0 saturated heterocycles. The SMILES string of the molecule is Cc1onc(C(=O)N(Cc2ccccc2)c2ccccc2)c1Cn1ccc([N+](=O)[O-])n1. The van der Waals surface area contributed by atoms with Crippen LogP contribution in [0, 0.1) is 17.0 Å². The average Bonchev–Trinajstić information content (AvgIpc) is 3.41. The Kier molecular flexibility index (Phi) is 5.57. The zero-order valence-corrected chi connectivity index (χ0v) is 16.7. The maximum Gasteiger partial charge on any atom is 0.389 e. The lowest BCUT2D eigenvalue weighted by Crippen LogP contribution is -2.31. The number of aryl methyl sites for hydroxylation is 1. The number of carbonyl (C=O) groups is 1. The number of benzene rings is 2. The standard InChI is InChI=1S/C22H19N5O4/c1-16-19(15-25-13-12-20(23-25)27(29)30)21(24-31-16)22(28)26(18-10-6-3-7-11-18)14-17-8-4-2-5-9-17/h2-13H,14-15H2,1H3. The van der Waals surface area contributed by atoms with E-state index < -0.39 is 4.92 Å². The summed E-state index contributed by atoms with van der Waals surface area (Å²) >= 11 is 0. The molecule has 31 heavy (non-hydrogen) atoms. The number of anilines is 1. The number of hydrogen-bond donors (Lipinski definition) is 0. The minimum atomic E-state index is -0.569. The quantitative estimate of drug-likeness (QED) is 0.332. The molecule has 2 heterocycles. The Balaban J connectivity index is 1.68. The number of nitrogens with zero attached hydrogens (tertiary/aromatic N) is 5. The molecular formula is C22H19N5O4. The van der Waals surface area contributed by atoms with Crippen LogP contribution in [0.3, 0.4) is 0 Å². The van der Waals surface area contributed by atoms with E-state index in [1.54, 1.807) is 11.8 Å². The molecule has 4 aromatic rings. The van der Waals surface area contributed by atoms with Gasteiger partial charge in [0.05, 0.1) is 36.0 Å². The molecule has 0 aliphatic carbocycles. The molecule has 0 spiro atoms. The fourth-order valence-electron chi connectivity index (χ4n) is 3.23. The molecule has 0 N–H and O–H groups in total. The lowest BCUT2D eigenvalue weighted by Gasteiger charge is -2.22. The topological polar surface area (TPSA) is 107 Å². The highest BCUT2D eigenvalue weighted by molar-refractivity contribution is 6.05. The van der Waals surface area contributed by atoms with Crippen LogP contribution < -0.4 is 4.90 Å². The van der Waals surface area contributed by atoms with Crippen LogP contribution in [-0.2, 0) is 13.1 Å². The summed E-state index contributed by atoms with van der Waals surface area (Å²) in [5, 5.41) is 18.8. The minimum absolute atomic E-state index is 0.123. The van der Waals surface area contributed by atoms with Crippen molar-refractivity contribution in [2.45, 2.75) is 20.0 Å². The van der Waals surface area contributed by atoms with Crippen molar-refractivity contribution < 1.29 is 14.2 Å². The van der Waals surface area contributed by atoms with Crippen LogP contribution in [0.25, 0.3) is 0 Å². The third-order valence-corrected chi connectivity index (χ3v) is 4.82. The summed E-state index contributed by atoms with van der Waals surface area (Å²) in [7, 11) is 0. The molecular weight excluding hydrogens is 398 g/mol. The van der Waals surface area contributed by atoms with E-state index in [-0.39, 0.29) is 24.0 Å². The lowest BCUT2D eigenvalue weighted by atomic mass is 10.1. The largest absolute Gasteiger partial charge is 0.389 e. The number of hydrogen-bond acceptors (Lipinski definition) is 6. The molecule has 1 amide bonds. The van der Waals surface area contributed by atoms with E-state index in [1.807, 2.05) is 60.7 Å². The summed E-state index contributed by atoms with van der Waals surface area (Å²) in [5.41, 5.74) is 2.36. The predicted octanol–water partition coefficient (Wildman–Crippen LogP) is 3.98. The number of aromatic nitrogens is 3. The van der Waals surface area contributed by atoms with Crippen molar-refractivity contribution in [1.82, 2.24) is 14.9 Å². The first-order chi connectivity index (χ1) is 15.0. The number of carbonyl (C=O) groups excluding carboxylic acids is 1. The van der Waals surface area contributed by atoms with E-state index >= 15 is 0 Å². The second-order valence-electron chi connectivity index (χ2n) is 6.91. The molecule has 0 aliphatic heterocycles. The monoisotopic (exact) mass is 417 g/mol. The van der Waals surface area contributed by atoms with Crippen molar-refractivity contribution in [3.8, 4) is 0 Å². The third kappa shape index (κ3) is 4.35. The lowest BCUT2D eigenvalue weighted by molar-refractivity contribution is -0.389. The molecule has 0 unspecified atom stereocenters. The van der Waals surface area contributed by atoms with Gasteiger partial charge < -0.3 is 19.5 Å². The second kappa shape index (κ2) is 8.62. The van der Waals surface area contributed by atoms with Gasteiger partial charge in [0.1, 0.15) is 5.76 Å². The van der Waals surface area contributed by atoms with Gasteiger partial charge in [-0.1, -0.05) is 53.7 Å². The van der Waals surface area contributed by atoms with Crippen LogP contribution in [0.2, 0.25) is 0 Å². The van der Waals surface area contributed by atoms with Crippen LogP contribution in [-0.4, -0.2) is 25.8 Å². The summed E-state index contributed by atoms with van der Waals surface area (Å²) in [6.45, 7) is 2.17. The van der Waals surface area contributed by atoms with Crippen molar-refractivity contribution in [2.24, 2.45) is 0 Å². The molecule has 0 aliphatic rings. The van der Waals surface area contributed by atoms with Crippen molar-refractivity contribution in [1.29, 1.82) is 0 Å². The number of nitro groups is 1. The zero-order valence-electron chi connectivity index (χ0n) is 16.7. The summed E-state index contributed by atoms with van der Waals surface area (Å²) in [6, 6.07) is 20.2. The van der Waals surface area contributed by atoms with Gasteiger partial charge in [0.25, 0.3) is 5.91 Å². The normalized spacial score (nSPS) is 10.7. The van der Waals surface area contributed by atoms with Gasteiger partial charge in [-0.2, -0.15) is 4.68 Å². The number of para-hydroxylation sites is 1. The van der Waals surface area contributed by atoms with Crippen LogP contribution in [0.4, 0.5) is 11.5 Å². The minimum Gasteiger partial charge on any atom is -0.361 e. The van der Waals surface area contributed by atoms with Gasteiger partial charge in [0, 0.05) is 5.69 Å². The highest BCUT2D eigenvalue weighted by Gasteiger charge is 2.27. The van der Waals surface area contributed by atoms with Crippen molar-refractivity contribution in [3.63, 3.8) is 0 Å².